The molecule has 1 aromatic carbocycles. The van der Waals surface area contributed by atoms with Crippen LogP contribution in [0.2, 0.25) is 0 Å². The van der Waals surface area contributed by atoms with E-state index < -0.39 is 58.0 Å². The topological polar surface area (TPSA) is 187 Å². The van der Waals surface area contributed by atoms with Gasteiger partial charge in [-0.15, -0.1) is 0 Å². The molecule has 0 saturated heterocycles. The van der Waals surface area contributed by atoms with Crippen molar-refractivity contribution in [3.8, 4) is 17.1 Å². The second-order valence-electron chi connectivity index (χ2n) is 10.2. The van der Waals surface area contributed by atoms with Gasteiger partial charge in [0.15, 0.2) is 11.4 Å². The summed E-state index contributed by atoms with van der Waals surface area (Å²) in [5, 5.41) is 47.6. The van der Waals surface area contributed by atoms with Crippen LogP contribution in [0.15, 0.2) is 45.6 Å². The highest BCUT2D eigenvalue weighted by Crippen LogP contribution is 2.53. The third kappa shape index (κ3) is 3.43. The molecule has 0 radical (unpaired) electrons. The molecule has 1 amide bonds. The summed E-state index contributed by atoms with van der Waals surface area (Å²) < 4.78 is 5.94. The quantitative estimate of drug-likeness (QED) is 0.308. The van der Waals surface area contributed by atoms with E-state index in [0.717, 1.165) is 0 Å². The number of aliphatic hydroxyl groups excluding tert-OH is 2. The number of phenols is 1. The van der Waals surface area contributed by atoms with Crippen LogP contribution in [0.1, 0.15) is 23.3 Å². The van der Waals surface area contributed by atoms with E-state index in [-0.39, 0.29) is 29.7 Å². The Labute approximate surface area is 217 Å². The van der Waals surface area contributed by atoms with Crippen molar-refractivity contribution in [1.29, 1.82) is 0 Å². The Balaban J connectivity index is 1.71. The van der Waals surface area contributed by atoms with E-state index in [0.29, 0.717) is 29.2 Å². The van der Waals surface area contributed by atoms with E-state index >= 15 is 0 Å². The molecule has 3 aliphatic carbocycles. The van der Waals surface area contributed by atoms with Gasteiger partial charge < -0.3 is 35.9 Å². The fourth-order valence-electron chi connectivity index (χ4n) is 6.27. The lowest BCUT2D eigenvalue weighted by molar-refractivity contribution is -0.153. The van der Waals surface area contributed by atoms with Crippen LogP contribution in [-0.4, -0.2) is 75.6 Å². The number of benzene rings is 1. The zero-order valence-corrected chi connectivity index (χ0v) is 21.1. The Hall–Kier alpha value is -3.93. The molecule has 1 heterocycles. The molecule has 1 aromatic heterocycles. The third-order valence-corrected chi connectivity index (χ3v) is 7.88. The monoisotopic (exact) mass is 523 g/mol. The number of likely N-dealkylation sites (N-methyl/N-ethyl adjacent to an activating group) is 1. The van der Waals surface area contributed by atoms with Gasteiger partial charge in [-0.3, -0.25) is 19.3 Å². The lowest BCUT2D eigenvalue weighted by atomic mass is 9.57. The minimum absolute atomic E-state index is 0.0179. The van der Waals surface area contributed by atoms with Crippen molar-refractivity contribution in [2.75, 3.05) is 21.1 Å². The number of nitrogens with two attached hydrogens (primary N) is 1. The first-order valence-electron chi connectivity index (χ1n) is 12.2. The number of fused-ring (bicyclic) bond motifs is 3. The molecule has 0 spiro atoms. The van der Waals surface area contributed by atoms with Crippen molar-refractivity contribution in [3.63, 3.8) is 0 Å². The number of nitrogens with zero attached hydrogens (tertiary/aromatic N) is 1. The number of aliphatic hydroxyl groups is 3. The number of primary amides is 1. The number of Topliss-reactive ketones (excluding diaryl/α,β-unsaturated/α-hetero) is 2. The molecule has 1 saturated carbocycles. The molecule has 11 nitrogen and oxygen atoms in total. The highest BCUT2D eigenvalue weighted by Gasteiger charge is 2.64. The van der Waals surface area contributed by atoms with Crippen LogP contribution in [0.25, 0.3) is 17.1 Å². The summed E-state index contributed by atoms with van der Waals surface area (Å²) in [5.41, 5.74) is 2.82. The number of phenolic OH excluding ortho intramolecular Hbond substituents is 1. The Morgan fingerprint density at radius 1 is 1.18 bits per heavy atom. The van der Waals surface area contributed by atoms with Crippen molar-refractivity contribution in [3.05, 3.63) is 58.1 Å². The molecule has 2 aromatic rings. The summed E-state index contributed by atoms with van der Waals surface area (Å²) in [6, 6.07) is 5.48. The summed E-state index contributed by atoms with van der Waals surface area (Å²) in [6.07, 6.45) is 0.199. The second kappa shape index (κ2) is 8.83. The van der Waals surface area contributed by atoms with Crippen LogP contribution >= 0.6 is 0 Å². The van der Waals surface area contributed by atoms with E-state index in [2.05, 4.69) is 5.32 Å². The number of aromatic hydroxyl groups is 1. The van der Waals surface area contributed by atoms with Gasteiger partial charge in [0.1, 0.15) is 34.4 Å². The van der Waals surface area contributed by atoms with Crippen molar-refractivity contribution in [1.82, 2.24) is 10.2 Å². The summed E-state index contributed by atoms with van der Waals surface area (Å²) in [7, 11) is 4.90. The predicted molar refractivity (Wildman–Crippen MR) is 135 cm³/mol. The minimum atomic E-state index is -2.67. The standard InChI is InChI=1S/C27H29N3O8/c1-29-10-12-4-7-17(38-12)13-5-6-16(31)19-14(13)8-11-9-15-21(30(2)3)23(33)20(26(28)36)25(35)27(15,37)24(34)18(11)22(19)32/h4-7,11,15,21,29,31-32,35,37H,8-10H2,1-3H3,(H2,28,36)/t11-,15-,21-,27-/m0/s1. The summed E-state index contributed by atoms with van der Waals surface area (Å²) >= 11 is 0. The number of furan rings is 1. The number of carbonyl (C=O) groups is 3. The largest absolute Gasteiger partial charge is 0.508 e. The predicted octanol–water partition coefficient (Wildman–Crippen LogP) is 0.943. The van der Waals surface area contributed by atoms with Crippen LogP contribution in [0.5, 0.6) is 5.75 Å². The van der Waals surface area contributed by atoms with E-state index in [4.69, 9.17) is 10.2 Å². The zero-order valence-electron chi connectivity index (χ0n) is 21.1. The van der Waals surface area contributed by atoms with Crippen LogP contribution in [0.4, 0.5) is 0 Å². The summed E-state index contributed by atoms with van der Waals surface area (Å²) in [6.45, 7) is 0.497. The maximum atomic E-state index is 13.9. The van der Waals surface area contributed by atoms with Crippen molar-refractivity contribution in [2.45, 2.75) is 31.0 Å². The van der Waals surface area contributed by atoms with Crippen molar-refractivity contribution >= 4 is 23.2 Å². The minimum Gasteiger partial charge on any atom is -0.508 e. The van der Waals surface area contributed by atoms with Gasteiger partial charge in [-0.2, -0.15) is 0 Å². The summed E-state index contributed by atoms with van der Waals surface area (Å²) in [5.74, 6) is -5.64. The highest BCUT2D eigenvalue weighted by molar-refractivity contribution is 6.24. The maximum Gasteiger partial charge on any atom is 0.255 e. The average molecular weight is 524 g/mol. The molecule has 0 unspecified atom stereocenters. The molecular weight excluding hydrogens is 494 g/mol. The van der Waals surface area contributed by atoms with Crippen LogP contribution in [-0.2, 0) is 27.3 Å². The van der Waals surface area contributed by atoms with Crippen LogP contribution in [0, 0.1) is 11.8 Å². The highest BCUT2D eigenvalue weighted by atomic mass is 16.4. The first-order valence-corrected chi connectivity index (χ1v) is 12.2. The van der Waals surface area contributed by atoms with Gasteiger partial charge in [-0.1, -0.05) is 0 Å². The number of amides is 1. The Morgan fingerprint density at radius 2 is 1.89 bits per heavy atom. The average Bonchev–Trinajstić information content (AvgIpc) is 3.29. The van der Waals surface area contributed by atoms with E-state index in [9.17, 15) is 34.8 Å². The van der Waals surface area contributed by atoms with E-state index in [1.54, 1.807) is 39.3 Å². The molecule has 3 aliphatic rings. The molecule has 11 heteroatoms. The molecule has 0 bridgehead atoms. The molecule has 7 N–H and O–H groups in total. The summed E-state index contributed by atoms with van der Waals surface area (Å²) in [4.78, 5) is 40.6. The van der Waals surface area contributed by atoms with E-state index in [1.165, 1.54) is 11.0 Å². The van der Waals surface area contributed by atoms with Gasteiger partial charge >= 0.3 is 0 Å². The molecular formula is C27H29N3O8. The second-order valence-corrected chi connectivity index (χ2v) is 10.2. The lowest BCUT2D eigenvalue weighted by Gasteiger charge is -2.50. The molecule has 1 fully saturated rings. The van der Waals surface area contributed by atoms with Crippen LogP contribution in [0.3, 0.4) is 0 Å². The smallest absolute Gasteiger partial charge is 0.255 e. The molecule has 0 aliphatic heterocycles. The number of hydrogen-bond donors (Lipinski definition) is 6. The Bertz CT molecular complexity index is 1450. The Morgan fingerprint density at radius 3 is 2.53 bits per heavy atom. The van der Waals surface area contributed by atoms with Gasteiger partial charge in [-0.25, -0.2) is 0 Å². The molecule has 200 valence electrons. The van der Waals surface area contributed by atoms with Gasteiger partial charge in [-0.05, 0) is 69.7 Å². The van der Waals surface area contributed by atoms with E-state index in [1.807, 2.05) is 0 Å². The number of rotatable bonds is 5. The van der Waals surface area contributed by atoms with Crippen molar-refractivity contribution in [2.24, 2.45) is 17.6 Å². The first-order chi connectivity index (χ1) is 17.9. The fraction of sp³-hybridized carbons (Fsp3) is 0.370. The SMILES string of the molecule is CNCc1ccc(-c2ccc(O)c3c2C[C@H]2C[C@H]4[C@H](N(C)C)C(=O)C(C(N)=O)=C(O)[C@@]4(O)C(=O)C2=C3O)o1. The number of carbonyl (C=O) groups excluding carboxylic acids is 3. The van der Waals surface area contributed by atoms with Gasteiger partial charge in [0.05, 0.1) is 18.2 Å². The van der Waals surface area contributed by atoms with Gasteiger partial charge in [0, 0.05) is 17.1 Å². The van der Waals surface area contributed by atoms with Gasteiger partial charge in [0.25, 0.3) is 5.91 Å². The molecule has 5 rings (SSSR count). The maximum absolute atomic E-state index is 13.9. The number of hydrogen-bond acceptors (Lipinski definition) is 10. The lowest BCUT2D eigenvalue weighted by Crippen LogP contribution is -2.65. The van der Waals surface area contributed by atoms with Gasteiger partial charge in [0.2, 0.25) is 5.78 Å². The first kappa shape index (κ1) is 25.7. The normalized spacial score (nSPS) is 26.9. The van der Waals surface area contributed by atoms with Crippen molar-refractivity contribution < 1.29 is 39.2 Å². The molecule has 4 atom stereocenters. The zero-order chi connectivity index (χ0) is 27.7. The fourth-order valence-corrected chi connectivity index (χ4v) is 6.27. The third-order valence-electron chi connectivity index (χ3n) is 7.88. The number of ketones is 2. The number of nitrogens with one attached hydrogen (secondary N) is 1. The Kier molecular flexibility index (Phi) is 5.97. The molecule has 38 heavy (non-hydrogen) atoms. The van der Waals surface area contributed by atoms with Crippen LogP contribution < -0.4 is 11.1 Å².